The summed E-state index contributed by atoms with van der Waals surface area (Å²) in [5, 5.41) is 11.5. The maximum atomic E-state index is 7.00. The van der Waals surface area contributed by atoms with Crippen LogP contribution in [0.4, 0.5) is 0 Å². The first-order valence-electron chi connectivity index (χ1n) is 6.24. The number of nitrogens with one attached hydrogen (secondary N) is 2. The Bertz CT molecular complexity index is 661. The molecule has 0 fully saturated rings. The number of nitrogens with zero attached hydrogens (tertiary/aromatic N) is 1. The Morgan fingerprint density at radius 2 is 2.05 bits per heavy atom. The van der Waals surface area contributed by atoms with E-state index in [1.54, 1.807) is 6.21 Å². The van der Waals surface area contributed by atoms with Gasteiger partial charge < -0.3 is 10.5 Å². The predicted molar refractivity (Wildman–Crippen MR) is 92.1 cm³/mol. The lowest BCUT2D eigenvalue weighted by molar-refractivity contribution is 0.306. The monoisotopic (exact) mass is 338 g/mol. The Balaban J connectivity index is 0.00000242. The fourth-order valence-corrected chi connectivity index (χ4v) is 1.87. The molecule has 2 aromatic rings. The van der Waals surface area contributed by atoms with Crippen molar-refractivity contribution in [1.82, 2.24) is 5.43 Å². The van der Waals surface area contributed by atoms with Crippen molar-refractivity contribution in [1.29, 1.82) is 5.41 Å². The quantitative estimate of drug-likeness (QED) is 0.444. The molecule has 22 heavy (non-hydrogen) atoms. The number of hydrogen-bond donors (Lipinski definition) is 3. The Morgan fingerprint density at radius 3 is 2.77 bits per heavy atom. The smallest absolute Gasteiger partial charge is 0.206 e. The second kappa shape index (κ2) is 8.92. The van der Waals surface area contributed by atoms with Gasteiger partial charge >= 0.3 is 0 Å². The highest BCUT2D eigenvalue weighted by Crippen LogP contribution is 2.16. The second-order valence-corrected chi connectivity index (χ2v) is 4.71. The van der Waals surface area contributed by atoms with E-state index in [2.05, 4.69) is 10.5 Å². The lowest BCUT2D eigenvalue weighted by Gasteiger charge is -2.07. The van der Waals surface area contributed by atoms with Crippen molar-refractivity contribution in [2.75, 3.05) is 0 Å². The molecular weight excluding hydrogens is 323 g/mol. The van der Waals surface area contributed by atoms with Crippen LogP contribution in [0.5, 0.6) is 5.75 Å². The van der Waals surface area contributed by atoms with Gasteiger partial charge in [-0.3, -0.25) is 5.41 Å². The molecule has 0 spiro atoms. The van der Waals surface area contributed by atoms with E-state index in [1.807, 2.05) is 48.5 Å². The van der Waals surface area contributed by atoms with Crippen LogP contribution in [0.1, 0.15) is 11.1 Å². The van der Waals surface area contributed by atoms with Gasteiger partial charge in [-0.05, 0) is 35.4 Å². The number of rotatable bonds is 5. The number of guanidine groups is 1. The van der Waals surface area contributed by atoms with Gasteiger partial charge in [0.05, 0.1) is 6.21 Å². The summed E-state index contributed by atoms with van der Waals surface area (Å²) in [6.07, 6.45) is 1.56. The third kappa shape index (κ3) is 6.03. The lowest BCUT2D eigenvalue weighted by Crippen LogP contribution is -2.25. The average molecular weight is 339 g/mol. The Kier molecular flexibility index (Phi) is 7.22. The summed E-state index contributed by atoms with van der Waals surface area (Å²) in [5.74, 6) is 0.515. The minimum atomic E-state index is -0.209. The summed E-state index contributed by atoms with van der Waals surface area (Å²) in [6, 6.07) is 15.0. The first kappa shape index (κ1) is 17.8. The van der Waals surface area contributed by atoms with E-state index in [0.29, 0.717) is 11.6 Å². The van der Waals surface area contributed by atoms with E-state index < -0.39 is 0 Å². The molecule has 0 heterocycles. The third-order valence-electron chi connectivity index (χ3n) is 2.55. The zero-order chi connectivity index (χ0) is 15.1. The van der Waals surface area contributed by atoms with Crippen LogP contribution in [0.3, 0.4) is 0 Å². The van der Waals surface area contributed by atoms with Gasteiger partial charge in [-0.15, -0.1) is 12.4 Å². The van der Waals surface area contributed by atoms with Crippen LogP contribution in [0, 0.1) is 5.41 Å². The van der Waals surface area contributed by atoms with Crippen molar-refractivity contribution in [3.63, 3.8) is 0 Å². The predicted octanol–water partition coefficient (Wildman–Crippen LogP) is 3.16. The van der Waals surface area contributed by atoms with Gasteiger partial charge in [0.2, 0.25) is 5.96 Å². The molecular formula is C15H16Cl2N4O. The molecule has 0 saturated heterocycles. The van der Waals surface area contributed by atoms with E-state index in [0.717, 1.165) is 16.9 Å². The van der Waals surface area contributed by atoms with Crippen molar-refractivity contribution >= 4 is 36.2 Å². The zero-order valence-corrected chi connectivity index (χ0v) is 13.2. The molecule has 0 amide bonds. The van der Waals surface area contributed by atoms with Gasteiger partial charge in [-0.2, -0.15) is 5.10 Å². The zero-order valence-electron chi connectivity index (χ0n) is 11.6. The topological polar surface area (TPSA) is 83.5 Å². The van der Waals surface area contributed by atoms with Crippen LogP contribution in [-0.4, -0.2) is 12.2 Å². The van der Waals surface area contributed by atoms with E-state index in [1.165, 1.54) is 0 Å². The van der Waals surface area contributed by atoms with Gasteiger partial charge in [0, 0.05) is 5.02 Å². The molecule has 4 N–H and O–H groups in total. The molecule has 0 aliphatic rings. The minimum Gasteiger partial charge on any atom is -0.489 e. The molecule has 0 unspecified atom stereocenters. The average Bonchev–Trinajstić information content (AvgIpc) is 2.45. The van der Waals surface area contributed by atoms with Crippen molar-refractivity contribution in [2.45, 2.75) is 6.61 Å². The van der Waals surface area contributed by atoms with Crippen LogP contribution in [0.2, 0.25) is 5.02 Å². The van der Waals surface area contributed by atoms with E-state index in [-0.39, 0.29) is 18.4 Å². The standard InChI is InChI=1S/C15H15ClN4O.ClH/c16-13-5-1-4-12(7-13)10-21-14-6-2-3-11(8-14)9-19-20-15(17)18;/h1-9H,10H2,(H4,17,18,20);1H/b19-9+;. The molecule has 2 rings (SSSR count). The highest BCUT2D eigenvalue weighted by atomic mass is 35.5. The first-order valence-corrected chi connectivity index (χ1v) is 6.62. The van der Waals surface area contributed by atoms with E-state index in [4.69, 9.17) is 27.5 Å². The fourth-order valence-electron chi connectivity index (χ4n) is 1.65. The Hall–Kier alpha value is -2.24. The van der Waals surface area contributed by atoms with Crippen LogP contribution in [-0.2, 0) is 6.61 Å². The molecule has 7 heteroatoms. The maximum Gasteiger partial charge on any atom is 0.206 e. The van der Waals surface area contributed by atoms with Gasteiger partial charge in [0.25, 0.3) is 0 Å². The summed E-state index contributed by atoms with van der Waals surface area (Å²) in [4.78, 5) is 0. The SMILES string of the molecule is Cl.N=C(N)N/N=C/c1cccc(OCc2cccc(Cl)c2)c1. The van der Waals surface area contributed by atoms with E-state index >= 15 is 0 Å². The number of halogens is 2. The normalized spacial score (nSPS) is 10.0. The van der Waals surface area contributed by atoms with Crippen molar-refractivity contribution in [2.24, 2.45) is 10.8 Å². The first-order chi connectivity index (χ1) is 10.1. The maximum absolute atomic E-state index is 7.00. The summed E-state index contributed by atoms with van der Waals surface area (Å²) < 4.78 is 5.71. The van der Waals surface area contributed by atoms with Gasteiger partial charge in [-0.25, -0.2) is 5.43 Å². The molecule has 0 aliphatic heterocycles. The molecule has 0 saturated carbocycles. The molecule has 0 bridgehead atoms. The van der Waals surface area contributed by atoms with Crippen LogP contribution in [0.25, 0.3) is 0 Å². The molecule has 2 aromatic carbocycles. The molecule has 116 valence electrons. The minimum absolute atomic E-state index is 0. The molecule has 0 radical (unpaired) electrons. The van der Waals surface area contributed by atoms with Gasteiger partial charge in [-0.1, -0.05) is 35.9 Å². The van der Waals surface area contributed by atoms with Gasteiger partial charge in [0.1, 0.15) is 12.4 Å². The molecule has 0 atom stereocenters. The van der Waals surface area contributed by atoms with Crippen LogP contribution < -0.4 is 15.9 Å². The second-order valence-electron chi connectivity index (χ2n) is 4.27. The van der Waals surface area contributed by atoms with Crippen LogP contribution >= 0.6 is 24.0 Å². The van der Waals surface area contributed by atoms with Crippen molar-refractivity contribution in [3.05, 3.63) is 64.7 Å². The molecule has 5 nitrogen and oxygen atoms in total. The molecule has 0 aliphatic carbocycles. The fraction of sp³-hybridized carbons (Fsp3) is 0.0667. The number of nitrogens with two attached hydrogens (primary N) is 1. The molecule has 0 aromatic heterocycles. The number of hydrazone groups is 1. The highest BCUT2D eigenvalue weighted by Gasteiger charge is 1.98. The summed E-state index contributed by atoms with van der Waals surface area (Å²) in [5.41, 5.74) is 9.33. The van der Waals surface area contributed by atoms with Gasteiger partial charge in [0.15, 0.2) is 0 Å². The Labute approximate surface area is 140 Å². The Morgan fingerprint density at radius 1 is 1.27 bits per heavy atom. The summed E-state index contributed by atoms with van der Waals surface area (Å²) in [6.45, 7) is 0.437. The highest BCUT2D eigenvalue weighted by molar-refractivity contribution is 6.30. The lowest BCUT2D eigenvalue weighted by atomic mass is 10.2. The summed E-state index contributed by atoms with van der Waals surface area (Å²) >= 11 is 5.93. The van der Waals surface area contributed by atoms with Crippen molar-refractivity contribution in [3.8, 4) is 5.75 Å². The van der Waals surface area contributed by atoms with Crippen molar-refractivity contribution < 1.29 is 4.74 Å². The van der Waals surface area contributed by atoms with Crippen LogP contribution in [0.15, 0.2) is 53.6 Å². The number of hydrogen-bond acceptors (Lipinski definition) is 3. The van der Waals surface area contributed by atoms with E-state index in [9.17, 15) is 0 Å². The number of ether oxygens (including phenoxy) is 1. The summed E-state index contributed by atoms with van der Waals surface area (Å²) in [7, 11) is 0. The third-order valence-corrected chi connectivity index (χ3v) is 2.79. The largest absolute Gasteiger partial charge is 0.489 e. The number of benzene rings is 2.